The topological polar surface area (TPSA) is 18.5 Å². The molecule has 130 valence electrons. The van der Waals surface area contributed by atoms with Gasteiger partial charge in [-0.15, -0.1) is 0 Å². The van der Waals surface area contributed by atoms with Gasteiger partial charge in [0.1, 0.15) is 29.7 Å². The molecule has 0 unspecified atom stereocenters. The van der Waals surface area contributed by atoms with Gasteiger partial charge in [-0.05, 0) is 48.9 Å². The zero-order chi connectivity index (χ0) is 18.1. The predicted molar refractivity (Wildman–Crippen MR) is 99.8 cm³/mol. The summed E-state index contributed by atoms with van der Waals surface area (Å²) in [5.74, 6) is 1.89. The van der Waals surface area contributed by atoms with Gasteiger partial charge in [0, 0.05) is 6.07 Å². The van der Waals surface area contributed by atoms with Crippen molar-refractivity contribution >= 4 is 0 Å². The zero-order valence-electron chi connectivity index (χ0n) is 14.8. The van der Waals surface area contributed by atoms with Crippen LogP contribution in [0.15, 0.2) is 72.8 Å². The molecule has 0 heterocycles. The zero-order valence-corrected chi connectivity index (χ0v) is 14.8. The molecule has 0 N–H and O–H groups in total. The molecular weight excluding hydrogens is 315 g/mol. The van der Waals surface area contributed by atoms with Crippen LogP contribution in [0.1, 0.15) is 25.0 Å². The summed E-state index contributed by atoms with van der Waals surface area (Å²) in [6.45, 7) is 6.34. The van der Waals surface area contributed by atoms with E-state index in [1.54, 1.807) is 6.07 Å². The Morgan fingerprint density at radius 2 is 1.44 bits per heavy atom. The first-order valence-electron chi connectivity index (χ1n) is 8.41. The second-order valence-electron chi connectivity index (χ2n) is 5.31. The lowest BCUT2D eigenvalue weighted by Gasteiger charge is -2.10. The fourth-order valence-electron chi connectivity index (χ4n) is 2.16. The van der Waals surface area contributed by atoms with Crippen molar-refractivity contribution in [1.29, 1.82) is 0 Å². The molecule has 0 atom stereocenters. The first-order valence-corrected chi connectivity index (χ1v) is 8.41. The molecule has 0 amide bonds. The van der Waals surface area contributed by atoms with E-state index in [4.69, 9.17) is 9.47 Å². The number of rotatable bonds is 5. The maximum Gasteiger partial charge on any atom is 0.131 e. The summed E-state index contributed by atoms with van der Waals surface area (Å²) < 4.78 is 24.7. The number of benzene rings is 3. The number of aryl methyl sites for hydroxylation is 1. The Morgan fingerprint density at radius 1 is 0.760 bits per heavy atom. The van der Waals surface area contributed by atoms with Crippen LogP contribution in [0, 0.1) is 12.7 Å². The third kappa shape index (κ3) is 5.96. The molecule has 3 heteroatoms. The van der Waals surface area contributed by atoms with Crippen LogP contribution in [0.4, 0.5) is 4.39 Å². The summed E-state index contributed by atoms with van der Waals surface area (Å²) in [5, 5.41) is 0. The maximum absolute atomic E-state index is 13.2. The molecule has 0 aliphatic heterocycles. The van der Waals surface area contributed by atoms with Gasteiger partial charge in [0.25, 0.3) is 0 Å². The minimum Gasteiger partial charge on any atom is -0.489 e. The normalized spacial score (nSPS) is 9.76. The van der Waals surface area contributed by atoms with Crippen molar-refractivity contribution in [3.05, 3.63) is 89.7 Å². The van der Waals surface area contributed by atoms with Crippen molar-refractivity contribution in [2.75, 3.05) is 0 Å². The van der Waals surface area contributed by atoms with Crippen LogP contribution in [-0.2, 0) is 6.61 Å². The highest BCUT2D eigenvalue weighted by Gasteiger charge is 2.01. The van der Waals surface area contributed by atoms with Crippen molar-refractivity contribution in [2.24, 2.45) is 0 Å². The van der Waals surface area contributed by atoms with E-state index in [0.717, 1.165) is 11.3 Å². The molecule has 0 bridgehead atoms. The summed E-state index contributed by atoms with van der Waals surface area (Å²) in [6, 6.07) is 21.6. The summed E-state index contributed by atoms with van der Waals surface area (Å²) in [6.07, 6.45) is 0. The van der Waals surface area contributed by atoms with Crippen molar-refractivity contribution in [3.63, 3.8) is 0 Å². The first kappa shape index (κ1) is 18.5. The molecule has 0 radical (unpaired) electrons. The van der Waals surface area contributed by atoms with E-state index in [1.165, 1.54) is 17.7 Å². The quantitative estimate of drug-likeness (QED) is 0.526. The fraction of sp³-hybridized carbons (Fsp3) is 0.182. The Kier molecular flexibility index (Phi) is 7.02. The minimum absolute atomic E-state index is 0.262. The molecule has 3 aromatic rings. The molecule has 3 aromatic carbocycles. The molecular formula is C22H23FO2. The molecule has 0 aliphatic rings. The summed E-state index contributed by atoms with van der Waals surface area (Å²) in [5.41, 5.74) is 1.97. The molecule has 0 saturated heterocycles. The second-order valence-corrected chi connectivity index (χ2v) is 5.31. The van der Waals surface area contributed by atoms with Gasteiger partial charge in [0.05, 0.1) is 0 Å². The highest BCUT2D eigenvalue weighted by atomic mass is 19.1. The highest BCUT2D eigenvalue weighted by Crippen LogP contribution is 2.26. The van der Waals surface area contributed by atoms with Gasteiger partial charge in [0.15, 0.2) is 0 Å². The fourth-order valence-corrected chi connectivity index (χ4v) is 2.16. The van der Waals surface area contributed by atoms with Crippen LogP contribution in [0.5, 0.6) is 17.2 Å². The highest BCUT2D eigenvalue weighted by molar-refractivity contribution is 5.37. The Labute approximate surface area is 148 Å². The van der Waals surface area contributed by atoms with E-state index < -0.39 is 0 Å². The Hall–Kier alpha value is -2.81. The molecule has 25 heavy (non-hydrogen) atoms. The SMILES string of the molecule is CC.Cc1ccc(Oc2cccc(OCc3cccc(F)c3)c2)cc1. The third-order valence-electron chi connectivity index (χ3n) is 3.36. The Bertz CT molecular complexity index is 782. The third-order valence-corrected chi connectivity index (χ3v) is 3.36. The van der Waals surface area contributed by atoms with E-state index in [1.807, 2.05) is 75.4 Å². The average Bonchev–Trinajstić information content (AvgIpc) is 2.64. The molecule has 3 rings (SSSR count). The van der Waals surface area contributed by atoms with Gasteiger partial charge in [0.2, 0.25) is 0 Å². The average molecular weight is 338 g/mol. The number of hydrogen-bond acceptors (Lipinski definition) is 2. The molecule has 0 aliphatic carbocycles. The summed E-state index contributed by atoms with van der Waals surface area (Å²) in [7, 11) is 0. The first-order chi connectivity index (χ1) is 12.2. The van der Waals surface area contributed by atoms with E-state index in [-0.39, 0.29) is 5.82 Å². The standard InChI is InChI=1S/C20H17FO2.C2H6/c1-15-8-10-18(11-9-15)23-20-7-3-6-19(13-20)22-14-16-4-2-5-17(21)12-16;1-2/h2-13H,14H2,1H3;1-2H3. The van der Waals surface area contributed by atoms with Crippen LogP contribution < -0.4 is 9.47 Å². The molecule has 0 saturated carbocycles. The van der Waals surface area contributed by atoms with Gasteiger partial charge in [-0.1, -0.05) is 49.7 Å². The number of hydrogen-bond donors (Lipinski definition) is 0. The molecule has 0 fully saturated rings. The van der Waals surface area contributed by atoms with E-state index >= 15 is 0 Å². The van der Waals surface area contributed by atoms with Crippen LogP contribution in [-0.4, -0.2) is 0 Å². The van der Waals surface area contributed by atoms with Crippen molar-refractivity contribution in [1.82, 2.24) is 0 Å². The van der Waals surface area contributed by atoms with Gasteiger partial charge in [-0.2, -0.15) is 0 Å². The number of ether oxygens (including phenoxy) is 2. The van der Waals surface area contributed by atoms with Crippen LogP contribution >= 0.6 is 0 Å². The largest absolute Gasteiger partial charge is 0.489 e. The van der Waals surface area contributed by atoms with Gasteiger partial charge >= 0.3 is 0 Å². The molecule has 0 spiro atoms. The second kappa shape index (κ2) is 9.48. The smallest absolute Gasteiger partial charge is 0.131 e. The Balaban J connectivity index is 0.00000109. The lowest BCUT2D eigenvalue weighted by molar-refractivity contribution is 0.304. The van der Waals surface area contributed by atoms with Gasteiger partial charge < -0.3 is 9.47 Å². The van der Waals surface area contributed by atoms with Crippen LogP contribution in [0.3, 0.4) is 0 Å². The van der Waals surface area contributed by atoms with Crippen molar-refractivity contribution in [3.8, 4) is 17.2 Å². The summed E-state index contributed by atoms with van der Waals surface area (Å²) in [4.78, 5) is 0. The minimum atomic E-state index is -0.262. The van der Waals surface area contributed by atoms with Gasteiger partial charge in [-0.25, -0.2) is 4.39 Å². The van der Waals surface area contributed by atoms with E-state index in [0.29, 0.717) is 18.1 Å². The van der Waals surface area contributed by atoms with Crippen LogP contribution in [0.25, 0.3) is 0 Å². The summed E-state index contributed by atoms with van der Waals surface area (Å²) >= 11 is 0. The molecule has 2 nitrogen and oxygen atoms in total. The lowest BCUT2D eigenvalue weighted by Crippen LogP contribution is -1.96. The van der Waals surface area contributed by atoms with Crippen molar-refractivity contribution < 1.29 is 13.9 Å². The lowest BCUT2D eigenvalue weighted by atomic mass is 10.2. The maximum atomic E-state index is 13.2. The monoisotopic (exact) mass is 338 g/mol. The van der Waals surface area contributed by atoms with Gasteiger partial charge in [-0.3, -0.25) is 0 Å². The van der Waals surface area contributed by atoms with E-state index in [9.17, 15) is 4.39 Å². The van der Waals surface area contributed by atoms with E-state index in [2.05, 4.69) is 0 Å². The van der Waals surface area contributed by atoms with Crippen molar-refractivity contribution in [2.45, 2.75) is 27.4 Å². The van der Waals surface area contributed by atoms with Crippen LogP contribution in [0.2, 0.25) is 0 Å². The Morgan fingerprint density at radius 3 is 2.16 bits per heavy atom. The number of halogens is 1. The predicted octanol–water partition coefficient (Wildman–Crippen LogP) is 6.53. The molecule has 0 aromatic heterocycles.